The quantitative estimate of drug-likeness (QED) is 0.170. The van der Waals surface area contributed by atoms with Crippen molar-refractivity contribution in [2.24, 2.45) is 0 Å². The van der Waals surface area contributed by atoms with Crippen LogP contribution in [0.1, 0.15) is 10.4 Å². The minimum atomic E-state index is 0. The van der Waals surface area contributed by atoms with E-state index in [2.05, 4.69) is 42.5 Å². The smallest absolute Gasteiger partial charge is 0.227 e. The van der Waals surface area contributed by atoms with Crippen LogP contribution in [0.15, 0.2) is 97.3 Å². The van der Waals surface area contributed by atoms with Crippen LogP contribution in [0.2, 0.25) is 0 Å². The third-order valence-electron chi connectivity index (χ3n) is 5.14. The minimum Gasteiger partial charge on any atom is -1.00 e. The highest BCUT2D eigenvalue weighted by atomic mass is 127. The van der Waals surface area contributed by atoms with Crippen LogP contribution in [-0.2, 0) is 6.54 Å². The topological polar surface area (TPSA) is 20.9 Å². The van der Waals surface area contributed by atoms with E-state index in [4.69, 9.17) is 0 Å². The molecule has 5 aromatic rings. The maximum atomic E-state index is 12.9. The first-order chi connectivity index (χ1) is 13.3. The molecular formula is C25H18INO. The second-order valence-corrected chi connectivity index (χ2v) is 6.89. The zero-order chi connectivity index (χ0) is 18.2. The number of carbonyl (C=O) groups is 1. The SMILES string of the molecule is O=C(C[n+]1ccc2ccccc2c1)c1ccc2ccc3ccccc3c2c1.[I-]. The van der Waals surface area contributed by atoms with Crippen LogP contribution < -0.4 is 28.5 Å². The van der Waals surface area contributed by atoms with E-state index >= 15 is 0 Å². The number of hydrogen-bond acceptors (Lipinski definition) is 1. The summed E-state index contributed by atoms with van der Waals surface area (Å²) >= 11 is 0. The molecule has 5 rings (SSSR count). The molecule has 3 heteroatoms. The fourth-order valence-corrected chi connectivity index (χ4v) is 3.71. The first-order valence-corrected chi connectivity index (χ1v) is 9.10. The van der Waals surface area contributed by atoms with E-state index in [9.17, 15) is 4.79 Å². The molecule has 0 fully saturated rings. The molecule has 0 atom stereocenters. The highest BCUT2D eigenvalue weighted by molar-refractivity contribution is 6.10. The maximum Gasteiger partial charge on any atom is 0.227 e. The summed E-state index contributed by atoms with van der Waals surface area (Å²) in [6.07, 6.45) is 4.00. The van der Waals surface area contributed by atoms with Gasteiger partial charge in [0.2, 0.25) is 12.3 Å². The number of halogens is 1. The third-order valence-corrected chi connectivity index (χ3v) is 5.14. The second-order valence-electron chi connectivity index (χ2n) is 6.89. The van der Waals surface area contributed by atoms with Gasteiger partial charge in [0.05, 0.1) is 0 Å². The number of rotatable bonds is 3. The molecule has 0 bridgehead atoms. The Morgan fingerprint density at radius 1 is 0.679 bits per heavy atom. The molecule has 136 valence electrons. The number of aromatic nitrogens is 1. The van der Waals surface area contributed by atoms with Crippen LogP contribution >= 0.6 is 0 Å². The molecule has 0 radical (unpaired) electrons. The Hall–Kier alpha value is -2.79. The van der Waals surface area contributed by atoms with Crippen molar-refractivity contribution in [2.75, 3.05) is 0 Å². The van der Waals surface area contributed by atoms with Gasteiger partial charge in [-0.05, 0) is 39.1 Å². The number of Topliss-reactive ketones (excluding diaryl/α,β-unsaturated/α-hetero) is 1. The lowest BCUT2D eigenvalue weighted by Crippen LogP contribution is -3.00. The maximum absolute atomic E-state index is 12.9. The van der Waals surface area contributed by atoms with E-state index in [-0.39, 0.29) is 29.8 Å². The van der Waals surface area contributed by atoms with Crippen LogP contribution in [-0.4, -0.2) is 5.78 Å². The van der Waals surface area contributed by atoms with Crippen molar-refractivity contribution in [3.05, 3.63) is 103 Å². The summed E-state index contributed by atoms with van der Waals surface area (Å²) in [5.74, 6) is 0.116. The fraction of sp³-hybridized carbons (Fsp3) is 0.0400. The first-order valence-electron chi connectivity index (χ1n) is 9.10. The van der Waals surface area contributed by atoms with Crippen LogP contribution in [0, 0.1) is 0 Å². The predicted octanol–water partition coefficient (Wildman–Crippen LogP) is 2.32. The summed E-state index contributed by atoms with van der Waals surface area (Å²) in [5, 5.41) is 6.98. The molecule has 0 N–H and O–H groups in total. The molecule has 1 aromatic heterocycles. The molecule has 2 nitrogen and oxygen atoms in total. The van der Waals surface area contributed by atoms with Gasteiger partial charge in [-0.2, -0.15) is 4.57 Å². The molecule has 0 aliphatic carbocycles. The predicted molar refractivity (Wildman–Crippen MR) is 110 cm³/mol. The minimum absolute atomic E-state index is 0. The number of pyridine rings is 1. The Bertz CT molecular complexity index is 1330. The lowest BCUT2D eigenvalue weighted by Gasteiger charge is -2.06. The van der Waals surface area contributed by atoms with Gasteiger partial charge in [-0.15, -0.1) is 0 Å². The number of carbonyl (C=O) groups excluding carboxylic acids is 1. The van der Waals surface area contributed by atoms with Gasteiger partial charge in [-0.1, -0.05) is 66.7 Å². The average molecular weight is 475 g/mol. The van der Waals surface area contributed by atoms with Crippen molar-refractivity contribution < 1.29 is 33.3 Å². The average Bonchev–Trinajstić information content (AvgIpc) is 2.73. The molecule has 0 aliphatic rings. The van der Waals surface area contributed by atoms with E-state index in [1.807, 2.05) is 59.4 Å². The van der Waals surface area contributed by atoms with Crippen molar-refractivity contribution >= 4 is 38.1 Å². The van der Waals surface area contributed by atoms with Gasteiger partial charge >= 0.3 is 0 Å². The highest BCUT2D eigenvalue weighted by Crippen LogP contribution is 2.26. The summed E-state index contributed by atoms with van der Waals surface area (Å²) < 4.78 is 1.96. The first kappa shape index (κ1) is 18.6. The monoisotopic (exact) mass is 475 g/mol. The normalized spacial score (nSPS) is 10.9. The summed E-state index contributed by atoms with van der Waals surface area (Å²) in [5.41, 5.74) is 0.750. The standard InChI is InChI=1S/C25H18NO.HI/c27-25(17-26-14-13-18-5-1-2-7-22(18)16-26)21-12-11-20-10-9-19-6-3-4-8-23(19)24(20)15-21;/h1-16H,17H2;1H/q+1;/p-1. The van der Waals surface area contributed by atoms with Gasteiger partial charge in [0, 0.05) is 17.0 Å². The highest BCUT2D eigenvalue weighted by Gasteiger charge is 2.14. The van der Waals surface area contributed by atoms with Crippen LogP contribution in [0.25, 0.3) is 32.3 Å². The number of fused-ring (bicyclic) bond motifs is 4. The number of nitrogens with zero attached hydrogens (tertiary/aromatic N) is 1. The van der Waals surface area contributed by atoms with Gasteiger partial charge in [0.1, 0.15) is 0 Å². The van der Waals surface area contributed by atoms with Gasteiger partial charge in [0.25, 0.3) is 0 Å². The zero-order valence-corrected chi connectivity index (χ0v) is 17.3. The van der Waals surface area contributed by atoms with Crippen molar-refractivity contribution in [2.45, 2.75) is 6.54 Å². The molecular weight excluding hydrogens is 457 g/mol. The lowest BCUT2D eigenvalue weighted by atomic mass is 9.98. The molecule has 0 saturated heterocycles. The Labute approximate surface area is 180 Å². The van der Waals surface area contributed by atoms with Crippen molar-refractivity contribution in [3.8, 4) is 0 Å². The number of hydrogen-bond donors (Lipinski definition) is 0. The molecule has 0 aliphatic heterocycles. The summed E-state index contributed by atoms with van der Waals surface area (Å²) in [6.45, 7) is 0.334. The third kappa shape index (κ3) is 3.38. The Morgan fingerprint density at radius 2 is 1.32 bits per heavy atom. The van der Waals surface area contributed by atoms with E-state index in [0.29, 0.717) is 6.54 Å². The van der Waals surface area contributed by atoms with Crippen molar-refractivity contribution in [1.82, 2.24) is 0 Å². The molecule has 0 amide bonds. The van der Waals surface area contributed by atoms with Crippen LogP contribution in [0.5, 0.6) is 0 Å². The van der Waals surface area contributed by atoms with Crippen LogP contribution in [0.3, 0.4) is 0 Å². The van der Waals surface area contributed by atoms with Gasteiger partial charge in [-0.3, -0.25) is 4.79 Å². The summed E-state index contributed by atoms with van der Waals surface area (Å²) in [6, 6.07) is 28.8. The van der Waals surface area contributed by atoms with E-state index in [1.165, 1.54) is 16.2 Å². The van der Waals surface area contributed by atoms with Gasteiger partial charge in [-0.25, -0.2) is 0 Å². The second kappa shape index (κ2) is 7.68. The largest absolute Gasteiger partial charge is 1.00 e. The van der Waals surface area contributed by atoms with Gasteiger partial charge in [0.15, 0.2) is 12.4 Å². The summed E-state index contributed by atoms with van der Waals surface area (Å²) in [4.78, 5) is 12.9. The molecule has 0 unspecified atom stereocenters. The number of ketones is 1. The van der Waals surface area contributed by atoms with Crippen molar-refractivity contribution in [1.29, 1.82) is 0 Å². The lowest BCUT2D eigenvalue weighted by molar-refractivity contribution is -0.681. The van der Waals surface area contributed by atoms with Gasteiger partial charge < -0.3 is 24.0 Å². The van der Waals surface area contributed by atoms with E-state index in [0.717, 1.165) is 21.7 Å². The number of benzene rings is 4. The summed E-state index contributed by atoms with van der Waals surface area (Å²) in [7, 11) is 0. The zero-order valence-electron chi connectivity index (χ0n) is 15.2. The Balaban J connectivity index is 0.00000192. The molecule has 0 saturated carbocycles. The molecule has 4 aromatic carbocycles. The van der Waals surface area contributed by atoms with Crippen molar-refractivity contribution in [3.63, 3.8) is 0 Å². The Morgan fingerprint density at radius 3 is 2.14 bits per heavy atom. The molecule has 28 heavy (non-hydrogen) atoms. The van der Waals surface area contributed by atoms with E-state index < -0.39 is 0 Å². The Kier molecular flexibility index (Phi) is 5.09. The van der Waals surface area contributed by atoms with Crippen LogP contribution in [0.4, 0.5) is 0 Å². The van der Waals surface area contributed by atoms with E-state index in [1.54, 1.807) is 0 Å². The molecule has 0 spiro atoms. The fourth-order valence-electron chi connectivity index (χ4n) is 3.71. The molecule has 1 heterocycles.